The van der Waals surface area contributed by atoms with Crippen LogP contribution in [0.4, 0.5) is 43.9 Å². The molecule has 0 saturated carbocycles. The lowest BCUT2D eigenvalue weighted by atomic mass is 10.1. The summed E-state index contributed by atoms with van der Waals surface area (Å²) in [5.41, 5.74) is -6.40. The number of aromatic amines is 2. The lowest BCUT2D eigenvalue weighted by molar-refractivity contribution is -0.335. The lowest BCUT2D eigenvalue weighted by Gasteiger charge is -2.28. The van der Waals surface area contributed by atoms with Crippen LogP contribution in [0, 0.1) is 0 Å². The van der Waals surface area contributed by atoms with Gasteiger partial charge in [0, 0.05) is 6.07 Å². The first-order valence-electron chi connectivity index (χ1n) is 6.82. The summed E-state index contributed by atoms with van der Waals surface area (Å²) in [7, 11) is 0. The molecule has 28 heavy (non-hydrogen) atoms. The number of hydrogen-bond donors (Lipinski definition) is 2. The minimum atomic E-state index is -6.00. The van der Waals surface area contributed by atoms with Gasteiger partial charge < -0.3 is 14.7 Å². The Morgan fingerprint density at radius 2 is 1.25 bits per heavy atom. The molecule has 1 heterocycles. The number of benzene rings is 1. The Kier molecular flexibility index (Phi) is 4.93. The molecule has 2 rings (SSSR count). The Hall–Kier alpha value is -2.74. The van der Waals surface area contributed by atoms with E-state index in [1.165, 1.54) is 0 Å². The molecule has 0 saturated heterocycles. The van der Waals surface area contributed by atoms with Gasteiger partial charge in [-0.2, -0.15) is 43.9 Å². The van der Waals surface area contributed by atoms with Crippen molar-refractivity contribution in [1.29, 1.82) is 0 Å². The molecule has 0 aliphatic heterocycles. The van der Waals surface area contributed by atoms with Gasteiger partial charge in [0.2, 0.25) is 0 Å². The number of halogens is 10. The summed E-state index contributed by atoms with van der Waals surface area (Å²) in [5, 5.41) is 0. The fourth-order valence-electron chi connectivity index (χ4n) is 2.02. The standard InChI is InChI=1S/C13H6F10N2O3/c14-10(15,3-11(16,17)18)13(22,23)28-7-2-6-5(1-4(7)12(19,20)21)24-8(26)9(27)25-6/h1-2H,3H2,(H,24,26)(H,25,27). The zero-order valence-corrected chi connectivity index (χ0v) is 12.9. The highest BCUT2D eigenvalue weighted by atomic mass is 19.4. The van der Waals surface area contributed by atoms with E-state index < -0.39 is 64.3 Å². The van der Waals surface area contributed by atoms with E-state index in [9.17, 15) is 53.5 Å². The Bertz CT molecular complexity index is 1000. The summed E-state index contributed by atoms with van der Waals surface area (Å²) in [4.78, 5) is 25.7. The van der Waals surface area contributed by atoms with Crippen LogP contribution in [-0.4, -0.2) is 28.2 Å². The zero-order valence-electron chi connectivity index (χ0n) is 12.9. The first-order valence-corrected chi connectivity index (χ1v) is 6.82. The molecule has 0 unspecified atom stereocenters. The average molecular weight is 428 g/mol. The number of nitrogens with one attached hydrogen (secondary N) is 2. The molecule has 0 radical (unpaired) electrons. The van der Waals surface area contributed by atoms with Gasteiger partial charge in [-0.1, -0.05) is 0 Å². The van der Waals surface area contributed by atoms with E-state index in [1.54, 1.807) is 9.97 Å². The van der Waals surface area contributed by atoms with Crippen LogP contribution in [-0.2, 0) is 6.18 Å². The molecule has 0 aliphatic rings. The van der Waals surface area contributed by atoms with Crippen LogP contribution < -0.4 is 15.9 Å². The Labute approximate surface area is 145 Å². The lowest BCUT2D eigenvalue weighted by Crippen LogP contribution is -2.48. The molecule has 5 nitrogen and oxygen atoms in total. The summed E-state index contributed by atoms with van der Waals surface area (Å²) in [6.45, 7) is 0. The number of H-pyrrole nitrogens is 2. The van der Waals surface area contributed by atoms with E-state index in [4.69, 9.17) is 0 Å². The van der Waals surface area contributed by atoms with Crippen LogP contribution >= 0.6 is 0 Å². The summed E-state index contributed by atoms with van der Waals surface area (Å²) in [6.07, 6.45) is -20.6. The van der Waals surface area contributed by atoms with E-state index in [-0.39, 0.29) is 12.1 Å². The molecule has 0 aliphatic carbocycles. The van der Waals surface area contributed by atoms with Gasteiger partial charge in [0.05, 0.1) is 16.6 Å². The molecule has 0 bridgehead atoms. The highest BCUT2D eigenvalue weighted by Crippen LogP contribution is 2.46. The number of ether oxygens (including phenoxy) is 1. The molecule has 0 spiro atoms. The molecular weight excluding hydrogens is 422 g/mol. The molecule has 156 valence electrons. The van der Waals surface area contributed by atoms with Gasteiger partial charge in [-0.05, 0) is 6.07 Å². The molecule has 0 amide bonds. The summed E-state index contributed by atoms with van der Waals surface area (Å²) >= 11 is 0. The number of fused-ring (bicyclic) bond motifs is 1. The smallest absolute Gasteiger partial charge is 0.427 e. The Balaban J connectivity index is 2.63. The van der Waals surface area contributed by atoms with Crippen LogP contribution in [0.5, 0.6) is 5.75 Å². The first-order chi connectivity index (χ1) is 12.4. The fraction of sp³-hybridized carbons (Fsp3) is 0.385. The van der Waals surface area contributed by atoms with Crippen molar-refractivity contribution in [3.05, 3.63) is 38.4 Å². The zero-order chi connectivity index (χ0) is 21.7. The second-order valence-corrected chi connectivity index (χ2v) is 5.42. The topological polar surface area (TPSA) is 75.0 Å². The van der Waals surface area contributed by atoms with Gasteiger partial charge in [-0.15, -0.1) is 0 Å². The van der Waals surface area contributed by atoms with Gasteiger partial charge in [0.25, 0.3) is 0 Å². The van der Waals surface area contributed by atoms with Crippen molar-refractivity contribution in [2.24, 2.45) is 0 Å². The molecule has 0 fully saturated rings. The normalized spacial score (nSPS) is 13.8. The first kappa shape index (κ1) is 21.6. The maximum Gasteiger partial charge on any atom is 0.464 e. The SMILES string of the molecule is O=c1[nH]c2cc(OC(F)(F)C(F)(F)CC(F)(F)F)c(C(F)(F)F)cc2[nH]c1=O. The predicted molar refractivity (Wildman–Crippen MR) is 71.4 cm³/mol. The number of rotatable bonds is 4. The monoisotopic (exact) mass is 428 g/mol. The summed E-state index contributed by atoms with van der Waals surface area (Å²) in [6, 6.07) is 0.00701. The van der Waals surface area contributed by atoms with Gasteiger partial charge in [-0.3, -0.25) is 9.59 Å². The molecule has 0 atom stereocenters. The van der Waals surface area contributed by atoms with E-state index in [0.717, 1.165) is 0 Å². The second-order valence-electron chi connectivity index (χ2n) is 5.42. The van der Waals surface area contributed by atoms with Crippen molar-refractivity contribution in [3.8, 4) is 5.75 Å². The van der Waals surface area contributed by atoms with E-state index in [0.29, 0.717) is 0 Å². The third-order valence-corrected chi connectivity index (χ3v) is 3.21. The van der Waals surface area contributed by atoms with Crippen molar-refractivity contribution >= 4 is 11.0 Å². The van der Waals surface area contributed by atoms with Gasteiger partial charge in [-0.25, -0.2) is 0 Å². The Morgan fingerprint density at radius 1 is 0.786 bits per heavy atom. The number of hydrogen-bond acceptors (Lipinski definition) is 3. The second kappa shape index (κ2) is 6.41. The summed E-state index contributed by atoms with van der Waals surface area (Å²) in [5.74, 6) is -7.91. The van der Waals surface area contributed by atoms with Gasteiger partial charge in [0.1, 0.15) is 12.2 Å². The largest absolute Gasteiger partial charge is 0.464 e. The minimum absolute atomic E-state index is 0.0139. The minimum Gasteiger partial charge on any atom is -0.427 e. The molecule has 1 aromatic heterocycles. The third kappa shape index (κ3) is 4.39. The molecule has 2 N–H and O–H groups in total. The fourth-order valence-corrected chi connectivity index (χ4v) is 2.02. The van der Waals surface area contributed by atoms with Crippen molar-refractivity contribution in [2.45, 2.75) is 30.8 Å². The summed E-state index contributed by atoms with van der Waals surface area (Å²) < 4.78 is 132. The maximum absolute atomic E-state index is 13.6. The number of alkyl halides is 10. The number of aromatic nitrogens is 2. The molecular formula is C13H6F10N2O3. The van der Waals surface area contributed by atoms with E-state index in [2.05, 4.69) is 4.74 Å². The average Bonchev–Trinajstić information content (AvgIpc) is 2.44. The van der Waals surface area contributed by atoms with Gasteiger partial charge >= 0.3 is 35.5 Å². The van der Waals surface area contributed by atoms with Crippen LogP contribution in [0.25, 0.3) is 11.0 Å². The van der Waals surface area contributed by atoms with Crippen molar-refractivity contribution in [2.75, 3.05) is 0 Å². The van der Waals surface area contributed by atoms with Crippen LogP contribution in [0.1, 0.15) is 12.0 Å². The van der Waals surface area contributed by atoms with Crippen LogP contribution in [0.3, 0.4) is 0 Å². The molecule has 1 aromatic carbocycles. The molecule has 2 aromatic rings. The van der Waals surface area contributed by atoms with Crippen molar-refractivity contribution in [3.63, 3.8) is 0 Å². The van der Waals surface area contributed by atoms with Crippen LogP contribution in [0.2, 0.25) is 0 Å². The van der Waals surface area contributed by atoms with Crippen molar-refractivity contribution in [1.82, 2.24) is 9.97 Å². The quantitative estimate of drug-likeness (QED) is 0.575. The van der Waals surface area contributed by atoms with Gasteiger partial charge in [0.15, 0.2) is 0 Å². The third-order valence-electron chi connectivity index (χ3n) is 3.21. The highest BCUT2D eigenvalue weighted by molar-refractivity contribution is 5.77. The predicted octanol–water partition coefficient (Wildman–Crippen LogP) is 3.79. The van der Waals surface area contributed by atoms with Crippen LogP contribution in [0.15, 0.2) is 21.7 Å². The van der Waals surface area contributed by atoms with E-state index >= 15 is 0 Å². The van der Waals surface area contributed by atoms with Crippen molar-refractivity contribution < 1.29 is 48.6 Å². The highest BCUT2D eigenvalue weighted by Gasteiger charge is 2.64. The van der Waals surface area contributed by atoms with E-state index in [1.807, 2.05) is 0 Å². The molecule has 15 heteroatoms. The maximum atomic E-state index is 13.6. The Morgan fingerprint density at radius 3 is 1.68 bits per heavy atom.